The second kappa shape index (κ2) is 4.54. The highest BCUT2D eigenvalue weighted by Gasteiger charge is 2.10. The van der Waals surface area contributed by atoms with E-state index in [4.69, 9.17) is 28.5 Å². The summed E-state index contributed by atoms with van der Waals surface area (Å²) in [4.78, 5) is 11.3. The fourth-order valence-electron chi connectivity index (χ4n) is 0.882. The number of nitrogens with two attached hydrogens (primary N) is 1. The number of hydrogen-bond donors (Lipinski definition) is 1. The molecule has 0 atom stereocenters. The largest absolute Gasteiger partial charge is 0.449 e. The third-order valence-corrected chi connectivity index (χ3v) is 1.81. The van der Waals surface area contributed by atoms with Gasteiger partial charge in [-0.2, -0.15) is 0 Å². The van der Waals surface area contributed by atoms with Crippen LogP contribution in [0.2, 0.25) is 5.02 Å². The molecule has 1 aromatic carbocycles. The number of halogens is 1. The number of esters is 1. The summed E-state index contributed by atoms with van der Waals surface area (Å²) in [6.07, 6.45) is 4.94. The lowest BCUT2D eigenvalue weighted by Crippen LogP contribution is -2.06. The van der Waals surface area contributed by atoms with Crippen molar-refractivity contribution in [2.45, 2.75) is 0 Å². The molecule has 0 amide bonds. The Labute approximate surface area is 86.8 Å². The van der Waals surface area contributed by atoms with Crippen molar-refractivity contribution in [3.63, 3.8) is 0 Å². The van der Waals surface area contributed by atoms with Gasteiger partial charge in [0.15, 0.2) is 6.61 Å². The first-order valence-electron chi connectivity index (χ1n) is 3.80. The highest BCUT2D eigenvalue weighted by molar-refractivity contribution is 6.33. The number of ether oxygens (including phenoxy) is 1. The van der Waals surface area contributed by atoms with Crippen molar-refractivity contribution in [1.29, 1.82) is 0 Å². The van der Waals surface area contributed by atoms with Crippen LogP contribution < -0.4 is 5.73 Å². The number of carbonyl (C=O) groups is 1. The van der Waals surface area contributed by atoms with E-state index in [1.54, 1.807) is 6.07 Å². The summed E-state index contributed by atoms with van der Waals surface area (Å²) in [6, 6.07) is 4.54. The standard InChI is InChI=1S/C10H8ClNO2/c1-2-5-14-10(13)8-4-3-7(12)6-9(8)11/h1,3-4,6H,5,12H2. The molecule has 0 aliphatic rings. The van der Waals surface area contributed by atoms with Crippen LogP contribution in [0.25, 0.3) is 0 Å². The maximum atomic E-state index is 11.3. The molecular formula is C10H8ClNO2. The van der Waals surface area contributed by atoms with E-state index in [2.05, 4.69) is 5.92 Å². The van der Waals surface area contributed by atoms with E-state index in [9.17, 15) is 4.79 Å². The van der Waals surface area contributed by atoms with E-state index in [0.29, 0.717) is 5.69 Å². The van der Waals surface area contributed by atoms with Crippen LogP contribution in [-0.2, 0) is 4.74 Å². The van der Waals surface area contributed by atoms with Crippen LogP contribution in [0.5, 0.6) is 0 Å². The van der Waals surface area contributed by atoms with Crippen LogP contribution in [0.3, 0.4) is 0 Å². The van der Waals surface area contributed by atoms with Crippen LogP contribution in [0.4, 0.5) is 5.69 Å². The first kappa shape index (κ1) is 10.4. The molecule has 0 spiro atoms. The molecule has 72 valence electrons. The van der Waals surface area contributed by atoms with E-state index in [-0.39, 0.29) is 17.2 Å². The molecule has 14 heavy (non-hydrogen) atoms. The second-order valence-electron chi connectivity index (χ2n) is 2.52. The maximum Gasteiger partial charge on any atom is 0.340 e. The van der Waals surface area contributed by atoms with Gasteiger partial charge >= 0.3 is 5.97 Å². The first-order chi connectivity index (χ1) is 6.65. The first-order valence-corrected chi connectivity index (χ1v) is 4.18. The Morgan fingerprint density at radius 3 is 2.93 bits per heavy atom. The summed E-state index contributed by atoms with van der Waals surface area (Å²) in [5, 5.41) is 0.257. The number of rotatable bonds is 2. The van der Waals surface area contributed by atoms with Gasteiger partial charge in [-0.15, -0.1) is 6.42 Å². The zero-order valence-corrected chi connectivity index (χ0v) is 8.04. The predicted octanol–water partition coefficient (Wildman–Crippen LogP) is 1.71. The SMILES string of the molecule is C#CCOC(=O)c1ccc(N)cc1Cl. The van der Waals surface area contributed by atoms with Crippen molar-refractivity contribution in [1.82, 2.24) is 0 Å². The Hall–Kier alpha value is -1.66. The summed E-state index contributed by atoms with van der Waals surface area (Å²) in [6.45, 7) is -0.0699. The summed E-state index contributed by atoms with van der Waals surface area (Å²) >= 11 is 5.77. The molecule has 1 rings (SSSR count). The van der Waals surface area contributed by atoms with Crippen molar-refractivity contribution < 1.29 is 9.53 Å². The van der Waals surface area contributed by atoms with E-state index in [1.165, 1.54) is 12.1 Å². The summed E-state index contributed by atoms with van der Waals surface area (Å²) in [5.41, 5.74) is 6.21. The Balaban J connectivity index is 2.86. The number of anilines is 1. The molecule has 1 aromatic rings. The smallest absolute Gasteiger partial charge is 0.340 e. The molecule has 0 fully saturated rings. The number of nitrogen functional groups attached to an aromatic ring is 1. The van der Waals surface area contributed by atoms with Gasteiger partial charge in [0, 0.05) is 5.69 Å². The van der Waals surface area contributed by atoms with Crippen molar-refractivity contribution in [3.05, 3.63) is 28.8 Å². The minimum absolute atomic E-state index is 0.0699. The van der Waals surface area contributed by atoms with Gasteiger partial charge in [0.25, 0.3) is 0 Å². The van der Waals surface area contributed by atoms with Crippen LogP contribution in [0, 0.1) is 12.3 Å². The van der Waals surface area contributed by atoms with Gasteiger partial charge in [-0.25, -0.2) is 4.79 Å². The molecule has 4 heteroatoms. The molecule has 0 aromatic heterocycles. The molecule has 0 heterocycles. The maximum absolute atomic E-state index is 11.3. The number of terminal acetylenes is 1. The molecule has 0 aliphatic heterocycles. The lowest BCUT2D eigenvalue weighted by atomic mass is 10.2. The lowest BCUT2D eigenvalue weighted by molar-refractivity contribution is 0.0557. The minimum Gasteiger partial charge on any atom is -0.449 e. The molecule has 0 radical (unpaired) electrons. The quantitative estimate of drug-likeness (QED) is 0.458. The number of benzene rings is 1. The molecule has 0 bridgehead atoms. The Kier molecular flexibility index (Phi) is 3.38. The molecule has 0 saturated carbocycles. The second-order valence-corrected chi connectivity index (χ2v) is 2.93. The normalized spacial score (nSPS) is 9.14. The van der Waals surface area contributed by atoms with Crippen LogP contribution >= 0.6 is 11.6 Å². The van der Waals surface area contributed by atoms with Crippen molar-refractivity contribution in [2.24, 2.45) is 0 Å². The fourth-order valence-corrected chi connectivity index (χ4v) is 1.15. The zero-order valence-electron chi connectivity index (χ0n) is 7.29. The summed E-state index contributed by atoms with van der Waals surface area (Å²) < 4.78 is 4.70. The van der Waals surface area contributed by atoms with Crippen molar-refractivity contribution in [2.75, 3.05) is 12.3 Å². The molecule has 0 saturated heterocycles. The fraction of sp³-hybridized carbons (Fsp3) is 0.100. The number of carbonyl (C=O) groups excluding carboxylic acids is 1. The van der Waals surface area contributed by atoms with E-state index in [0.717, 1.165) is 0 Å². The van der Waals surface area contributed by atoms with Gasteiger partial charge in [-0.05, 0) is 18.2 Å². The van der Waals surface area contributed by atoms with Crippen LogP contribution in [0.15, 0.2) is 18.2 Å². The highest BCUT2D eigenvalue weighted by Crippen LogP contribution is 2.19. The third kappa shape index (κ3) is 2.41. The van der Waals surface area contributed by atoms with E-state index < -0.39 is 5.97 Å². The van der Waals surface area contributed by atoms with Crippen LogP contribution in [-0.4, -0.2) is 12.6 Å². The van der Waals surface area contributed by atoms with Gasteiger partial charge in [0.2, 0.25) is 0 Å². The van der Waals surface area contributed by atoms with Gasteiger partial charge in [-0.3, -0.25) is 0 Å². The predicted molar refractivity (Wildman–Crippen MR) is 55.0 cm³/mol. The van der Waals surface area contributed by atoms with Gasteiger partial charge in [0.1, 0.15) is 0 Å². The Bertz CT molecular complexity index is 396. The van der Waals surface area contributed by atoms with Crippen molar-refractivity contribution in [3.8, 4) is 12.3 Å². The third-order valence-electron chi connectivity index (χ3n) is 1.50. The topological polar surface area (TPSA) is 52.3 Å². The average Bonchev–Trinajstić information content (AvgIpc) is 2.14. The molecule has 2 N–H and O–H groups in total. The minimum atomic E-state index is -0.548. The zero-order chi connectivity index (χ0) is 10.6. The van der Waals surface area contributed by atoms with Crippen molar-refractivity contribution >= 4 is 23.3 Å². The molecule has 0 aliphatic carbocycles. The van der Waals surface area contributed by atoms with Gasteiger partial charge in [-0.1, -0.05) is 17.5 Å². The van der Waals surface area contributed by atoms with E-state index in [1.807, 2.05) is 0 Å². The van der Waals surface area contributed by atoms with Crippen LogP contribution in [0.1, 0.15) is 10.4 Å². The number of hydrogen-bond acceptors (Lipinski definition) is 3. The molecule has 3 nitrogen and oxygen atoms in total. The Morgan fingerprint density at radius 2 is 2.36 bits per heavy atom. The summed E-state index contributed by atoms with van der Waals surface area (Å²) in [5.74, 6) is 1.64. The van der Waals surface area contributed by atoms with Gasteiger partial charge < -0.3 is 10.5 Å². The highest BCUT2D eigenvalue weighted by atomic mass is 35.5. The summed E-state index contributed by atoms with van der Waals surface area (Å²) in [7, 11) is 0. The van der Waals surface area contributed by atoms with Gasteiger partial charge in [0.05, 0.1) is 10.6 Å². The molecular weight excluding hydrogens is 202 g/mol. The lowest BCUT2D eigenvalue weighted by Gasteiger charge is -2.03. The monoisotopic (exact) mass is 209 g/mol. The average molecular weight is 210 g/mol. The van der Waals surface area contributed by atoms with E-state index >= 15 is 0 Å². The Morgan fingerprint density at radius 1 is 1.64 bits per heavy atom. The molecule has 0 unspecified atom stereocenters.